The summed E-state index contributed by atoms with van der Waals surface area (Å²) in [6, 6.07) is 15.4. The van der Waals surface area contributed by atoms with E-state index in [0.29, 0.717) is 12.1 Å². The number of ether oxygens (including phenoxy) is 1. The summed E-state index contributed by atoms with van der Waals surface area (Å²) in [5, 5.41) is 2.92. The third-order valence-electron chi connectivity index (χ3n) is 3.21. The zero-order chi connectivity index (χ0) is 14.4. The Morgan fingerprint density at radius 2 is 1.85 bits per heavy atom. The molecule has 0 saturated carbocycles. The fourth-order valence-electron chi connectivity index (χ4n) is 1.96. The second-order valence-electron chi connectivity index (χ2n) is 4.58. The average Bonchev–Trinajstić information content (AvgIpc) is 2.53. The largest absolute Gasteiger partial charge is 0.497 e. The van der Waals surface area contributed by atoms with Crippen LogP contribution in [0.5, 0.6) is 5.75 Å². The van der Waals surface area contributed by atoms with Crippen molar-refractivity contribution >= 4 is 5.91 Å². The number of methoxy groups -OCH3 is 1. The summed E-state index contributed by atoms with van der Waals surface area (Å²) in [5.74, 6) is 0.770. The van der Waals surface area contributed by atoms with Crippen LogP contribution in [-0.2, 0) is 13.0 Å². The summed E-state index contributed by atoms with van der Waals surface area (Å²) in [4.78, 5) is 12.1. The van der Waals surface area contributed by atoms with Crippen molar-refractivity contribution in [3.63, 3.8) is 0 Å². The summed E-state index contributed by atoms with van der Waals surface area (Å²) >= 11 is 0. The molecule has 3 heteroatoms. The minimum absolute atomic E-state index is 0.0453. The van der Waals surface area contributed by atoms with E-state index in [1.807, 2.05) is 48.5 Å². The van der Waals surface area contributed by atoms with E-state index in [4.69, 9.17) is 4.74 Å². The Morgan fingerprint density at radius 1 is 1.10 bits per heavy atom. The van der Waals surface area contributed by atoms with Gasteiger partial charge in [-0.15, -0.1) is 0 Å². The van der Waals surface area contributed by atoms with Crippen molar-refractivity contribution in [1.29, 1.82) is 0 Å². The van der Waals surface area contributed by atoms with Gasteiger partial charge in [0.05, 0.1) is 7.11 Å². The number of hydrogen-bond donors (Lipinski definition) is 1. The molecule has 0 aliphatic rings. The van der Waals surface area contributed by atoms with Crippen LogP contribution in [0.25, 0.3) is 0 Å². The summed E-state index contributed by atoms with van der Waals surface area (Å²) in [6.07, 6.45) is 0.930. The number of rotatable bonds is 5. The highest BCUT2D eigenvalue weighted by atomic mass is 16.5. The first-order valence-corrected chi connectivity index (χ1v) is 6.73. The van der Waals surface area contributed by atoms with Crippen molar-refractivity contribution in [2.24, 2.45) is 0 Å². The number of aryl methyl sites for hydroxylation is 1. The van der Waals surface area contributed by atoms with E-state index in [9.17, 15) is 4.79 Å². The Morgan fingerprint density at radius 3 is 2.50 bits per heavy atom. The lowest BCUT2D eigenvalue weighted by atomic mass is 10.1. The molecule has 0 aliphatic heterocycles. The van der Waals surface area contributed by atoms with Crippen molar-refractivity contribution in [1.82, 2.24) is 5.32 Å². The monoisotopic (exact) mass is 269 g/mol. The van der Waals surface area contributed by atoms with E-state index in [1.165, 1.54) is 5.56 Å². The smallest absolute Gasteiger partial charge is 0.251 e. The van der Waals surface area contributed by atoms with Gasteiger partial charge in [-0.3, -0.25) is 4.79 Å². The first kappa shape index (κ1) is 14.1. The molecule has 0 aliphatic carbocycles. The van der Waals surface area contributed by atoms with Gasteiger partial charge in [-0.1, -0.05) is 31.2 Å². The third kappa shape index (κ3) is 3.60. The SMILES string of the molecule is CCc1cccc(C(=O)NCc2ccc(OC)cc2)c1. The van der Waals surface area contributed by atoms with Crippen LogP contribution < -0.4 is 10.1 Å². The number of hydrogen-bond acceptors (Lipinski definition) is 2. The van der Waals surface area contributed by atoms with E-state index in [-0.39, 0.29) is 5.91 Å². The molecule has 0 heterocycles. The maximum absolute atomic E-state index is 12.1. The van der Waals surface area contributed by atoms with Crippen molar-refractivity contribution in [2.45, 2.75) is 19.9 Å². The molecule has 1 N–H and O–H groups in total. The van der Waals surface area contributed by atoms with Crippen LogP contribution in [0.1, 0.15) is 28.4 Å². The molecule has 0 aromatic heterocycles. The van der Waals surface area contributed by atoms with Crippen LogP contribution in [0.4, 0.5) is 0 Å². The second kappa shape index (κ2) is 6.75. The quantitative estimate of drug-likeness (QED) is 0.905. The van der Waals surface area contributed by atoms with Gasteiger partial charge < -0.3 is 10.1 Å². The molecular formula is C17H19NO2. The zero-order valence-electron chi connectivity index (χ0n) is 11.8. The second-order valence-corrected chi connectivity index (χ2v) is 4.58. The van der Waals surface area contributed by atoms with Crippen LogP contribution in [0.15, 0.2) is 48.5 Å². The molecule has 0 radical (unpaired) electrons. The molecule has 2 rings (SSSR count). The van der Waals surface area contributed by atoms with Gasteiger partial charge in [0.15, 0.2) is 0 Å². The Bertz CT molecular complexity index is 576. The molecule has 2 aromatic carbocycles. The maximum Gasteiger partial charge on any atom is 0.251 e. The molecule has 0 saturated heterocycles. The maximum atomic E-state index is 12.1. The van der Waals surface area contributed by atoms with Gasteiger partial charge in [0, 0.05) is 12.1 Å². The highest BCUT2D eigenvalue weighted by molar-refractivity contribution is 5.94. The Kier molecular flexibility index (Phi) is 4.77. The predicted molar refractivity (Wildman–Crippen MR) is 80.0 cm³/mol. The molecule has 3 nitrogen and oxygen atoms in total. The number of nitrogens with one attached hydrogen (secondary N) is 1. The Hall–Kier alpha value is -2.29. The van der Waals surface area contributed by atoms with Crippen LogP contribution in [-0.4, -0.2) is 13.0 Å². The Balaban J connectivity index is 1.97. The minimum atomic E-state index is -0.0453. The third-order valence-corrected chi connectivity index (χ3v) is 3.21. The standard InChI is InChI=1S/C17H19NO2/c1-3-13-5-4-6-15(11-13)17(19)18-12-14-7-9-16(20-2)10-8-14/h4-11H,3,12H2,1-2H3,(H,18,19). The highest BCUT2D eigenvalue weighted by Crippen LogP contribution is 2.11. The molecule has 0 spiro atoms. The van der Waals surface area contributed by atoms with Crippen LogP contribution in [0.2, 0.25) is 0 Å². The first-order valence-electron chi connectivity index (χ1n) is 6.73. The normalized spacial score (nSPS) is 10.1. The summed E-state index contributed by atoms with van der Waals surface area (Å²) < 4.78 is 5.10. The number of carbonyl (C=O) groups is 1. The van der Waals surface area contributed by atoms with Crippen LogP contribution in [0.3, 0.4) is 0 Å². The molecule has 20 heavy (non-hydrogen) atoms. The van der Waals surface area contributed by atoms with E-state index < -0.39 is 0 Å². The van der Waals surface area contributed by atoms with E-state index in [0.717, 1.165) is 17.7 Å². The van der Waals surface area contributed by atoms with Gasteiger partial charge in [0.2, 0.25) is 0 Å². The molecule has 2 aromatic rings. The highest BCUT2D eigenvalue weighted by Gasteiger charge is 2.05. The van der Waals surface area contributed by atoms with Crippen molar-refractivity contribution in [2.75, 3.05) is 7.11 Å². The minimum Gasteiger partial charge on any atom is -0.497 e. The van der Waals surface area contributed by atoms with E-state index >= 15 is 0 Å². The topological polar surface area (TPSA) is 38.3 Å². The summed E-state index contributed by atoms with van der Waals surface area (Å²) in [6.45, 7) is 2.59. The molecule has 0 bridgehead atoms. The lowest BCUT2D eigenvalue weighted by Crippen LogP contribution is -2.22. The predicted octanol–water partition coefficient (Wildman–Crippen LogP) is 3.19. The first-order chi connectivity index (χ1) is 9.72. The lowest BCUT2D eigenvalue weighted by molar-refractivity contribution is 0.0951. The summed E-state index contributed by atoms with van der Waals surface area (Å²) in [5.41, 5.74) is 2.92. The average molecular weight is 269 g/mol. The summed E-state index contributed by atoms with van der Waals surface area (Å²) in [7, 11) is 1.64. The zero-order valence-corrected chi connectivity index (χ0v) is 11.8. The lowest BCUT2D eigenvalue weighted by Gasteiger charge is -2.07. The van der Waals surface area contributed by atoms with Crippen molar-refractivity contribution in [3.05, 3.63) is 65.2 Å². The number of carbonyl (C=O) groups excluding carboxylic acids is 1. The fourth-order valence-corrected chi connectivity index (χ4v) is 1.96. The fraction of sp³-hybridized carbons (Fsp3) is 0.235. The molecule has 0 atom stereocenters. The Labute approximate surface area is 119 Å². The molecule has 1 amide bonds. The molecule has 0 fully saturated rings. The van der Waals surface area contributed by atoms with Gasteiger partial charge in [-0.25, -0.2) is 0 Å². The van der Waals surface area contributed by atoms with Gasteiger partial charge in [0.1, 0.15) is 5.75 Å². The van der Waals surface area contributed by atoms with Gasteiger partial charge in [-0.2, -0.15) is 0 Å². The van der Waals surface area contributed by atoms with E-state index in [2.05, 4.69) is 12.2 Å². The number of benzene rings is 2. The van der Waals surface area contributed by atoms with Crippen LogP contribution in [0, 0.1) is 0 Å². The van der Waals surface area contributed by atoms with Gasteiger partial charge in [0.25, 0.3) is 5.91 Å². The van der Waals surface area contributed by atoms with Gasteiger partial charge >= 0.3 is 0 Å². The molecular weight excluding hydrogens is 250 g/mol. The number of amides is 1. The van der Waals surface area contributed by atoms with Crippen molar-refractivity contribution in [3.8, 4) is 5.75 Å². The van der Waals surface area contributed by atoms with E-state index in [1.54, 1.807) is 7.11 Å². The molecule has 0 unspecified atom stereocenters. The van der Waals surface area contributed by atoms with Crippen molar-refractivity contribution < 1.29 is 9.53 Å². The van der Waals surface area contributed by atoms with Gasteiger partial charge in [-0.05, 0) is 41.8 Å². The van der Waals surface area contributed by atoms with Crippen LogP contribution >= 0.6 is 0 Å². The molecule has 104 valence electrons.